The van der Waals surface area contributed by atoms with E-state index in [9.17, 15) is 35.9 Å². The Balaban J connectivity index is 1.47. The second kappa shape index (κ2) is 14.4. The van der Waals surface area contributed by atoms with Gasteiger partial charge in [0.25, 0.3) is 11.8 Å². The minimum Gasteiger partial charge on any atom is -0.490 e. The number of carbonyl (C=O) groups excluding carboxylic acids is 2. The average Bonchev–Trinajstić information content (AvgIpc) is 3.08. The molecule has 0 saturated carbocycles. The van der Waals surface area contributed by atoms with Crippen molar-refractivity contribution < 1.29 is 45.4 Å². The minimum absolute atomic E-state index is 0.0294. The Hall–Kier alpha value is -4.80. The van der Waals surface area contributed by atoms with Gasteiger partial charge in [0.05, 0.1) is 34.4 Å². The maximum Gasteiger partial charge on any atom is 0.417 e. The van der Waals surface area contributed by atoms with Crippen molar-refractivity contribution in [2.75, 3.05) is 19.6 Å². The number of carbonyl (C=O) groups is 2. The Morgan fingerprint density at radius 1 is 0.939 bits per heavy atom. The highest BCUT2D eigenvalue weighted by Crippen LogP contribution is 2.41. The van der Waals surface area contributed by atoms with Crippen LogP contribution in [0.2, 0.25) is 0 Å². The SMILES string of the molecule is CCC[C@H]1N(C(=O)c2cnccc2C(F)(F)F)CCC[C@@]1(Oc1ccc(C(F)(F)F)cc1)C(=O)N1CCC(Oc2ccc(C#N)cc2)CC1. The van der Waals surface area contributed by atoms with Gasteiger partial charge in [0.15, 0.2) is 0 Å². The summed E-state index contributed by atoms with van der Waals surface area (Å²) in [5.41, 5.74) is -4.10. The highest BCUT2D eigenvalue weighted by Gasteiger charge is 2.56. The summed E-state index contributed by atoms with van der Waals surface area (Å²) in [5, 5.41) is 9.04. The molecule has 14 heteroatoms. The van der Waals surface area contributed by atoms with E-state index in [0.717, 1.165) is 36.7 Å². The molecule has 8 nitrogen and oxygen atoms in total. The molecule has 2 aliphatic rings. The van der Waals surface area contributed by atoms with E-state index < -0.39 is 52.5 Å². The quantitative estimate of drug-likeness (QED) is 0.231. The molecule has 49 heavy (non-hydrogen) atoms. The van der Waals surface area contributed by atoms with Crippen molar-refractivity contribution in [3.63, 3.8) is 0 Å². The predicted molar refractivity (Wildman–Crippen MR) is 164 cm³/mol. The smallest absolute Gasteiger partial charge is 0.417 e. The summed E-state index contributed by atoms with van der Waals surface area (Å²) >= 11 is 0. The minimum atomic E-state index is -4.85. The van der Waals surface area contributed by atoms with E-state index in [-0.39, 0.29) is 50.8 Å². The number of piperidine rings is 2. The fourth-order valence-electron chi connectivity index (χ4n) is 6.54. The lowest BCUT2D eigenvalue weighted by Gasteiger charge is -2.50. The normalized spacial score (nSPS) is 20.4. The molecule has 0 bridgehead atoms. The number of nitriles is 1. The van der Waals surface area contributed by atoms with Crippen molar-refractivity contribution in [2.24, 2.45) is 0 Å². The first kappa shape index (κ1) is 35.5. The van der Waals surface area contributed by atoms with Crippen molar-refractivity contribution in [1.82, 2.24) is 14.8 Å². The van der Waals surface area contributed by atoms with Crippen molar-refractivity contribution in [3.8, 4) is 17.6 Å². The van der Waals surface area contributed by atoms with Gasteiger partial charge >= 0.3 is 12.4 Å². The van der Waals surface area contributed by atoms with Gasteiger partial charge in [-0.25, -0.2) is 0 Å². The standard InChI is InChI=1S/C35H34F6N4O4/c1-2-4-30-33(49-27-11-7-24(8-12-27)34(36,37)38,16-3-18-45(30)31(46)28-22-43-17-13-29(28)35(39,40)41)32(47)44-19-14-26(15-20-44)48-25-9-5-23(21-42)6-10-25/h5-13,17,22,26,30H,2-4,14-16,18-20H2,1H3/t30-,33+/m1/s1. The van der Waals surface area contributed by atoms with Crippen molar-refractivity contribution in [2.45, 2.75) is 75.5 Å². The van der Waals surface area contributed by atoms with Gasteiger partial charge in [0.1, 0.15) is 17.6 Å². The monoisotopic (exact) mass is 688 g/mol. The molecule has 3 heterocycles. The van der Waals surface area contributed by atoms with E-state index in [1.807, 2.05) is 6.07 Å². The molecule has 1 aromatic heterocycles. The molecule has 2 amide bonds. The lowest BCUT2D eigenvalue weighted by atomic mass is 9.79. The largest absolute Gasteiger partial charge is 0.490 e. The third-order valence-electron chi connectivity index (χ3n) is 8.90. The number of benzene rings is 2. The number of nitrogens with zero attached hydrogens (tertiary/aromatic N) is 4. The highest BCUT2D eigenvalue weighted by molar-refractivity contribution is 5.97. The molecule has 3 aromatic rings. The summed E-state index contributed by atoms with van der Waals surface area (Å²) in [4.78, 5) is 35.2. The maximum atomic E-state index is 14.7. The lowest BCUT2D eigenvalue weighted by molar-refractivity contribution is -0.161. The summed E-state index contributed by atoms with van der Waals surface area (Å²) in [5.74, 6) is -0.971. The van der Waals surface area contributed by atoms with Crippen LogP contribution in [0.4, 0.5) is 26.3 Å². The first-order valence-corrected chi connectivity index (χ1v) is 15.9. The van der Waals surface area contributed by atoms with E-state index in [4.69, 9.17) is 14.7 Å². The Labute approximate surface area is 279 Å². The van der Waals surface area contributed by atoms with Gasteiger partial charge < -0.3 is 19.3 Å². The number of pyridine rings is 1. The second-order valence-electron chi connectivity index (χ2n) is 12.1. The van der Waals surface area contributed by atoms with E-state index >= 15 is 0 Å². The number of halogens is 6. The topological polar surface area (TPSA) is 95.8 Å². The molecule has 260 valence electrons. The van der Waals surface area contributed by atoms with Crippen LogP contribution in [0.1, 0.15) is 72.5 Å². The van der Waals surface area contributed by atoms with Gasteiger partial charge in [0, 0.05) is 51.3 Å². The summed E-state index contributed by atoms with van der Waals surface area (Å²) in [6, 6.07) is 12.2. The summed E-state index contributed by atoms with van der Waals surface area (Å²) in [7, 11) is 0. The third kappa shape index (κ3) is 7.76. The molecule has 2 saturated heterocycles. The van der Waals surface area contributed by atoms with Crippen LogP contribution in [0, 0.1) is 11.3 Å². The summed E-state index contributed by atoms with van der Waals surface area (Å²) in [6.45, 7) is 2.28. The van der Waals surface area contributed by atoms with Gasteiger partial charge in [-0.05, 0) is 67.4 Å². The molecule has 0 spiro atoms. The van der Waals surface area contributed by atoms with Gasteiger partial charge in [-0.1, -0.05) is 13.3 Å². The van der Waals surface area contributed by atoms with Crippen LogP contribution in [0.15, 0.2) is 67.0 Å². The van der Waals surface area contributed by atoms with Crippen molar-refractivity contribution >= 4 is 11.8 Å². The first-order chi connectivity index (χ1) is 23.3. The molecule has 0 aliphatic carbocycles. The number of hydrogen-bond donors (Lipinski definition) is 0. The van der Waals surface area contributed by atoms with E-state index in [0.29, 0.717) is 36.6 Å². The van der Waals surface area contributed by atoms with Gasteiger partial charge in [-0.15, -0.1) is 0 Å². The van der Waals surface area contributed by atoms with Crippen LogP contribution >= 0.6 is 0 Å². The zero-order valence-corrected chi connectivity index (χ0v) is 26.6. The molecule has 0 unspecified atom stereocenters. The Kier molecular flexibility index (Phi) is 10.4. The van der Waals surface area contributed by atoms with Crippen molar-refractivity contribution in [1.29, 1.82) is 5.26 Å². The van der Waals surface area contributed by atoms with Crippen LogP contribution < -0.4 is 9.47 Å². The van der Waals surface area contributed by atoms with Crippen LogP contribution in [-0.2, 0) is 17.1 Å². The number of rotatable bonds is 8. The number of aromatic nitrogens is 1. The zero-order valence-electron chi connectivity index (χ0n) is 26.6. The molecule has 2 aliphatic heterocycles. The number of likely N-dealkylation sites (tertiary alicyclic amines) is 2. The van der Waals surface area contributed by atoms with Crippen LogP contribution in [-0.4, -0.2) is 64.0 Å². The van der Waals surface area contributed by atoms with E-state index in [1.54, 1.807) is 36.1 Å². The van der Waals surface area contributed by atoms with E-state index in [2.05, 4.69) is 4.98 Å². The van der Waals surface area contributed by atoms with Crippen LogP contribution in [0.5, 0.6) is 11.5 Å². The molecule has 0 N–H and O–H groups in total. The number of amides is 2. The molecule has 2 fully saturated rings. The summed E-state index contributed by atoms with van der Waals surface area (Å²) < 4.78 is 94.4. The second-order valence-corrected chi connectivity index (χ2v) is 12.1. The number of hydrogen-bond acceptors (Lipinski definition) is 6. The maximum absolute atomic E-state index is 14.7. The molecular weight excluding hydrogens is 654 g/mol. The first-order valence-electron chi connectivity index (χ1n) is 15.9. The molecule has 2 atom stereocenters. The highest BCUT2D eigenvalue weighted by atomic mass is 19.4. The Morgan fingerprint density at radius 2 is 1.59 bits per heavy atom. The Bertz CT molecular complexity index is 1670. The lowest BCUT2D eigenvalue weighted by Crippen LogP contribution is -2.68. The zero-order chi connectivity index (χ0) is 35.4. The third-order valence-corrected chi connectivity index (χ3v) is 8.90. The molecular formula is C35H34F6N4O4. The van der Waals surface area contributed by atoms with Gasteiger partial charge in [0.2, 0.25) is 5.60 Å². The predicted octanol–water partition coefficient (Wildman–Crippen LogP) is 7.28. The van der Waals surface area contributed by atoms with Gasteiger partial charge in [-0.3, -0.25) is 14.6 Å². The fraction of sp³-hybridized carbons (Fsp3) is 0.429. The Morgan fingerprint density at radius 3 is 2.18 bits per heavy atom. The van der Waals surface area contributed by atoms with Gasteiger partial charge in [-0.2, -0.15) is 31.6 Å². The molecule has 5 rings (SSSR count). The van der Waals surface area contributed by atoms with E-state index in [1.165, 1.54) is 4.90 Å². The molecule has 0 radical (unpaired) electrons. The van der Waals surface area contributed by atoms with Crippen LogP contribution in [0.25, 0.3) is 0 Å². The van der Waals surface area contributed by atoms with Crippen molar-refractivity contribution in [3.05, 3.63) is 89.2 Å². The van der Waals surface area contributed by atoms with Crippen LogP contribution in [0.3, 0.4) is 0 Å². The average molecular weight is 689 g/mol. The fourth-order valence-corrected chi connectivity index (χ4v) is 6.54. The number of ether oxygens (including phenoxy) is 2. The molecule has 2 aromatic carbocycles. The summed E-state index contributed by atoms with van der Waals surface area (Å²) in [6.07, 6.45) is -6.25. The number of alkyl halides is 6.